The van der Waals surface area contributed by atoms with Crippen molar-refractivity contribution in [2.45, 2.75) is 53.2 Å². The molecular formula is C24H35N3O3. The van der Waals surface area contributed by atoms with E-state index in [4.69, 9.17) is 4.74 Å². The molecule has 0 N–H and O–H groups in total. The molecule has 0 fully saturated rings. The van der Waals surface area contributed by atoms with Gasteiger partial charge in [0.1, 0.15) is 0 Å². The van der Waals surface area contributed by atoms with Crippen molar-refractivity contribution in [3.8, 4) is 0 Å². The van der Waals surface area contributed by atoms with Crippen LogP contribution in [0.25, 0.3) is 0 Å². The maximum atomic E-state index is 13.2. The smallest absolute Gasteiger partial charge is 0.242 e. The van der Waals surface area contributed by atoms with E-state index in [0.29, 0.717) is 19.7 Å². The van der Waals surface area contributed by atoms with Crippen LogP contribution in [0.5, 0.6) is 0 Å². The monoisotopic (exact) mass is 413 g/mol. The molecule has 0 unspecified atom stereocenters. The lowest BCUT2D eigenvalue weighted by molar-refractivity contribution is -0.141. The molecular weight excluding hydrogens is 378 g/mol. The Hall–Kier alpha value is -2.60. The molecule has 2 amide bonds. The highest BCUT2D eigenvalue weighted by molar-refractivity contribution is 5.84. The minimum atomic E-state index is -0.118. The van der Waals surface area contributed by atoms with E-state index in [2.05, 4.69) is 55.8 Å². The number of nitrogens with zero attached hydrogens (tertiary/aromatic N) is 3. The third kappa shape index (κ3) is 6.46. The highest BCUT2D eigenvalue weighted by atomic mass is 16.5. The summed E-state index contributed by atoms with van der Waals surface area (Å²) in [5.74, 6) is -0.160. The maximum Gasteiger partial charge on any atom is 0.242 e. The van der Waals surface area contributed by atoms with Crippen molar-refractivity contribution in [1.29, 1.82) is 0 Å². The molecule has 0 saturated carbocycles. The van der Waals surface area contributed by atoms with Crippen molar-refractivity contribution in [2.75, 3.05) is 26.8 Å². The summed E-state index contributed by atoms with van der Waals surface area (Å²) < 4.78 is 7.27. The number of ether oxygens (including phenoxy) is 1. The molecule has 0 spiro atoms. The van der Waals surface area contributed by atoms with Gasteiger partial charge in [-0.15, -0.1) is 0 Å². The van der Waals surface area contributed by atoms with Crippen LogP contribution in [0.2, 0.25) is 0 Å². The van der Waals surface area contributed by atoms with E-state index in [1.807, 2.05) is 17.0 Å². The second-order valence-electron chi connectivity index (χ2n) is 7.77. The third-order valence-electron chi connectivity index (χ3n) is 5.64. The fourth-order valence-electron chi connectivity index (χ4n) is 3.41. The van der Waals surface area contributed by atoms with Crippen molar-refractivity contribution < 1.29 is 14.3 Å². The highest BCUT2D eigenvalue weighted by Crippen LogP contribution is 2.16. The van der Waals surface area contributed by atoms with Gasteiger partial charge in [-0.2, -0.15) is 0 Å². The van der Waals surface area contributed by atoms with Gasteiger partial charge in [-0.1, -0.05) is 31.2 Å². The average Bonchev–Trinajstić information content (AvgIpc) is 3.16. The molecule has 1 aromatic carbocycles. The molecule has 0 aliphatic rings. The summed E-state index contributed by atoms with van der Waals surface area (Å²) in [4.78, 5) is 28.5. The summed E-state index contributed by atoms with van der Waals surface area (Å²) in [6.45, 7) is 9.92. The fraction of sp³-hybridized carbons (Fsp3) is 0.500. The number of aryl methyl sites for hydroxylation is 1. The van der Waals surface area contributed by atoms with Gasteiger partial charge in [-0.05, 0) is 43.5 Å². The molecule has 0 bridgehead atoms. The van der Waals surface area contributed by atoms with Gasteiger partial charge in [-0.3, -0.25) is 9.59 Å². The standard InChI is InChI=1S/C24H35N3O3/c1-6-20(3)27(24(29)18-25(21(4)28)14-15-30-5)17-23-12-9-13-26(23)16-22-11-8-7-10-19(22)2/h7-13,20H,6,14-18H2,1-5H3/t20-/m0/s1. The van der Waals surface area contributed by atoms with E-state index in [9.17, 15) is 9.59 Å². The minimum absolute atomic E-state index is 0.0423. The van der Waals surface area contributed by atoms with Crippen LogP contribution in [0, 0.1) is 6.92 Å². The van der Waals surface area contributed by atoms with Crippen LogP contribution in [-0.4, -0.2) is 59.0 Å². The van der Waals surface area contributed by atoms with Gasteiger partial charge in [0.2, 0.25) is 11.8 Å². The molecule has 1 heterocycles. The molecule has 0 aliphatic carbocycles. The Morgan fingerprint density at radius 3 is 2.53 bits per heavy atom. The summed E-state index contributed by atoms with van der Waals surface area (Å²) in [6.07, 6.45) is 2.91. The Morgan fingerprint density at radius 1 is 1.17 bits per heavy atom. The highest BCUT2D eigenvalue weighted by Gasteiger charge is 2.23. The Labute approximate surface area is 180 Å². The molecule has 164 valence electrons. The van der Waals surface area contributed by atoms with Gasteiger partial charge < -0.3 is 19.1 Å². The van der Waals surface area contributed by atoms with Gasteiger partial charge >= 0.3 is 0 Å². The normalized spacial score (nSPS) is 11.9. The summed E-state index contributed by atoms with van der Waals surface area (Å²) >= 11 is 0. The number of carbonyl (C=O) groups excluding carboxylic acids is 2. The van der Waals surface area contributed by atoms with Crippen LogP contribution >= 0.6 is 0 Å². The van der Waals surface area contributed by atoms with Crippen LogP contribution in [0.1, 0.15) is 44.0 Å². The van der Waals surface area contributed by atoms with Gasteiger partial charge in [0, 0.05) is 45.1 Å². The van der Waals surface area contributed by atoms with Gasteiger partial charge in [0.05, 0.1) is 19.7 Å². The fourth-order valence-corrected chi connectivity index (χ4v) is 3.41. The number of methoxy groups -OCH3 is 1. The predicted octanol–water partition coefficient (Wildman–Crippen LogP) is 3.47. The van der Waals surface area contributed by atoms with Gasteiger partial charge in [0.15, 0.2) is 0 Å². The third-order valence-corrected chi connectivity index (χ3v) is 5.64. The number of aromatic nitrogens is 1. The van der Waals surface area contributed by atoms with Crippen molar-refractivity contribution in [1.82, 2.24) is 14.4 Å². The molecule has 6 heteroatoms. The molecule has 2 rings (SSSR count). The summed E-state index contributed by atoms with van der Waals surface area (Å²) in [7, 11) is 1.59. The SMILES string of the molecule is CC[C@H](C)N(Cc1cccn1Cc1ccccc1C)C(=O)CN(CCOC)C(C)=O. The zero-order valence-electron chi connectivity index (χ0n) is 18.9. The van der Waals surface area contributed by atoms with Crippen LogP contribution in [0.4, 0.5) is 0 Å². The number of benzene rings is 1. The second-order valence-corrected chi connectivity index (χ2v) is 7.77. The Morgan fingerprint density at radius 2 is 1.90 bits per heavy atom. The van der Waals surface area contributed by atoms with Crippen LogP contribution in [0.15, 0.2) is 42.6 Å². The Bertz CT molecular complexity index is 831. The van der Waals surface area contributed by atoms with E-state index < -0.39 is 0 Å². The molecule has 0 aliphatic heterocycles. The quantitative estimate of drug-likeness (QED) is 0.567. The zero-order valence-corrected chi connectivity index (χ0v) is 18.9. The van der Waals surface area contributed by atoms with Gasteiger partial charge in [-0.25, -0.2) is 0 Å². The topological polar surface area (TPSA) is 54.8 Å². The Kier molecular flexibility index (Phi) is 9.12. The largest absolute Gasteiger partial charge is 0.383 e. The molecule has 1 atom stereocenters. The average molecular weight is 414 g/mol. The van der Waals surface area contributed by atoms with Crippen molar-refractivity contribution in [3.63, 3.8) is 0 Å². The molecule has 2 aromatic rings. The Balaban J connectivity index is 2.17. The lowest BCUT2D eigenvalue weighted by Gasteiger charge is -2.31. The number of rotatable bonds is 11. The van der Waals surface area contributed by atoms with E-state index in [-0.39, 0.29) is 24.4 Å². The number of hydrogen-bond acceptors (Lipinski definition) is 3. The van der Waals surface area contributed by atoms with E-state index in [0.717, 1.165) is 18.7 Å². The first-order valence-corrected chi connectivity index (χ1v) is 10.6. The first kappa shape index (κ1) is 23.7. The zero-order chi connectivity index (χ0) is 22.1. The maximum absolute atomic E-state index is 13.2. The first-order chi connectivity index (χ1) is 14.4. The van der Waals surface area contributed by atoms with Gasteiger partial charge in [0.25, 0.3) is 0 Å². The van der Waals surface area contributed by atoms with Crippen LogP contribution < -0.4 is 0 Å². The molecule has 0 saturated heterocycles. The van der Waals surface area contributed by atoms with Crippen LogP contribution in [0.3, 0.4) is 0 Å². The van der Waals surface area contributed by atoms with Crippen molar-refractivity contribution >= 4 is 11.8 Å². The van der Waals surface area contributed by atoms with Crippen LogP contribution in [-0.2, 0) is 27.4 Å². The second kappa shape index (κ2) is 11.6. The number of hydrogen-bond donors (Lipinski definition) is 0. The molecule has 30 heavy (non-hydrogen) atoms. The predicted molar refractivity (Wildman–Crippen MR) is 119 cm³/mol. The minimum Gasteiger partial charge on any atom is -0.383 e. The lowest BCUT2D eigenvalue weighted by atomic mass is 10.1. The van der Waals surface area contributed by atoms with Crippen molar-refractivity contribution in [2.24, 2.45) is 0 Å². The van der Waals surface area contributed by atoms with Crippen molar-refractivity contribution in [3.05, 3.63) is 59.4 Å². The molecule has 0 radical (unpaired) electrons. The van der Waals surface area contributed by atoms with E-state index in [1.165, 1.54) is 18.1 Å². The molecule has 1 aromatic heterocycles. The summed E-state index contributed by atoms with van der Waals surface area (Å²) in [5, 5.41) is 0. The number of amides is 2. The van der Waals surface area contributed by atoms with E-state index in [1.54, 1.807) is 12.0 Å². The summed E-state index contributed by atoms with van der Waals surface area (Å²) in [6, 6.07) is 12.5. The first-order valence-electron chi connectivity index (χ1n) is 10.6. The molecule has 6 nitrogen and oxygen atoms in total. The summed E-state index contributed by atoms with van der Waals surface area (Å²) in [5.41, 5.74) is 3.60. The van der Waals surface area contributed by atoms with E-state index >= 15 is 0 Å². The number of carbonyl (C=O) groups is 2. The lowest BCUT2D eigenvalue weighted by Crippen LogP contribution is -2.46.